The molecule has 0 aliphatic heterocycles. The zero-order chi connectivity index (χ0) is 17.2. The monoisotopic (exact) mass is 331 g/mol. The number of nitrogens with one attached hydrogen (secondary N) is 1. The molecule has 0 saturated carbocycles. The van der Waals surface area contributed by atoms with Crippen LogP contribution in [0.4, 0.5) is 11.5 Å². The highest BCUT2D eigenvalue weighted by Gasteiger charge is 2.07. The predicted molar refractivity (Wildman–Crippen MR) is 99.9 cm³/mol. The van der Waals surface area contributed by atoms with Gasteiger partial charge < -0.3 is 14.8 Å². The Balaban J connectivity index is 1.70. The SMILES string of the molecule is COc1ccc(Nc2cnc3cc4ccccc4cc3n2)cc1OC. The molecule has 25 heavy (non-hydrogen) atoms. The van der Waals surface area contributed by atoms with Gasteiger partial charge >= 0.3 is 0 Å². The molecule has 1 N–H and O–H groups in total. The van der Waals surface area contributed by atoms with Crippen LogP contribution in [0, 0.1) is 0 Å². The molecule has 0 radical (unpaired) electrons. The molecule has 3 aromatic carbocycles. The van der Waals surface area contributed by atoms with Gasteiger partial charge in [-0.15, -0.1) is 0 Å². The van der Waals surface area contributed by atoms with Crippen molar-refractivity contribution in [3.63, 3.8) is 0 Å². The average molecular weight is 331 g/mol. The van der Waals surface area contributed by atoms with Gasteiger partial charge in [0.15, 0.2) is 11.5 Å². The Morgan fingerprint density at radius 3 is 2.24 bits per heavy atom. The number of hydrogen-bond donors (Lipinski definition) is 1. The molecule has 4 aromatic rings. The third-order valence-corrected chi connectivity index (χ3v) is 4.07. The molecule has 0 saturated heterocycles. The molecule has 0 fully saturated rings. The van der Waals surface area contributed by atoms with Crippen molar-refractivity contribution in [2.24, 2.45) is 0 Å². The molecule has 1 aromatic heterocycles. The van der Waals surface area contributed by atoms with Gasteiger partial charge in [-0.1, -0.05) is 24.3 Å². The Morgan fingerprint density at radius 2 is 1.52 bits per heavy atom. The lowest BCUT2D eigenvalue weighted by Crippen LogP contribution is -1.97. The molecular weight excluding hydrogens is 314 g/mol. The fraction of sp³-hybridized carbons (Fsp3) is 0.100. The van der Waals surface area contributed by atoms with Crippen LogP contribution in [0.1, 0.15) is 0 Å². The van der Waals surface area contributed by atoms with Crippen molar-refractivity contribution in [1.82, 2.24) is 9.97 Å². The lowest BCUT2D eigenvalue weighted by atomic mass is 10.1. The Labute approximate surface area is 145 Å². The van der Waals surface area contributed by atoms with Crippen molar-refractivity contribution in [2.75, 3.05) is 19.5 Å². The number of anilines is 2. The number of benzene rings is 3. The second-order valence-corrected chi connectivity index (χ2v) is 5.64. The van der Waals surface area contributed by atoms with Crippen LogP contribution >= 0.6 is 0 Å². The van der Waals surface area contributed by atoms with Crippen LogP contribution in [0.15, 0.2) is 60.8 Å². The number of aromatic nitrogens is 2. The number of hydrogen-bond acceptors (Lipinski definition) is 5. The normalized spacial score (nSPS) is 10.8. The summed E-state index contributed by atoms with van der Waals surface area (Å²) in [7, 11) is 3.23. The van der Waals surface area contributed by atoms with Crippen molar-refractivity contribution in [3.05, 3.63) is 60.8 Å². The summed E-state index contributed by atoms with van der Waals surface area (Å²) in [6.45, 7) is 0. The summed E-state index contributed by atoms with van der Waals surface area (Å²) < 4.78 is 10.6. The van der Waals surface area contributed by atoms with Gasteiger partial charge in [-0.2, -0.15) is 0 Å². The predicted octanol–water partition coefficient (Wildman–Crippen LogP) is 4.54. The van der Waals surface area contributed by atoms with Crippen LogP contribution in [-0.4, -0.2) is 24.2 Å². The maximum atomic E-state index is 5.33. The summed E-state index contributed by atoms with van der Waals surface area (Å²) in [5.74, 6) is 2.02. The summed E-state index contributed by atoms with van der Waals surface area (Å²) in [6.07, 6.45) is 1.73. The van der Waals surface area contributed by atoms with Gasteiger partial charge in [-0.05, 0) is 35.0 Å². The van der Waals surface area contributed by atoms with E-state index in [9.17, 15) is 0 Å². The zero-order valence-corrected chi connectivity index (χ0v) is 14.0. The molecule has 5 heteroatoms. The van der Waals surface area contributed by atoms with E-state index in [2.05, 4.69) is 39.6 Å². The molecule has 124 valence electrons. The van der Waals surface area contributed by atoms with E-state index in [0.29, 0.717) is 17.3 Å². The minimum atomic E-state index is 0.659. The molecule has 4 rings (SSSR count). The maximum Gasteiger partial charge on any atom is 0.162 e. The van der Waals surface area contributed by atoms with E-state index in [-0.39, 0.29) is 0 Å². The van der Waals surface area contributed by atoms with Crippen LogP contribution in [0.2, 0.25) is 0 Å². The Kier molecular flexibility index (Phi) is 3.82. The number of fused-ring (bicyclic) bond motifs is 2. The Hall–Kier alpha value is -3.34. The van der Waals surface area contributed by atoms with Gasteiger partial charge in [-0.25, -0.2) is 4.98 Å². The van der Waals surface area contributed by atoms with E-state index in [4.69, 9.17) is 9.47 Å². The average Bonchev–Trinajstić information content (AvgIpc) is 2.66. The first-order valence-corrected chi connectivity index (χ1v) is 7.91. The highest BCUT2D eigenvalue weighted by molar-refractivity contribution is 5.95. The first-order valence-electron chi connectivity index (χ1n) is 7.91. The highest BCUT2D eigenvalue weighted by Crippen LogP contribution is 2.31. The zero-order valence-electron chi connectivity index (χ0n) is 14.0. The van der Waals surface area contributed by atoms with E-state index < -0.39 is 0 Å². The van der Waals surface area contributed by atoms with Crippen molar-refractivity contribution in [3.8, 4) is 11.5 Å². The molecule has 0 spiro atoms. The van der Waals surface area contributed by atoms with Crippen LogP contribution < -0.4 is 14.8 Å². The molecule has 0 aliphatic carbocycles. The summed E-state index contributed by atoms with van der Waals surface area (Å²) in [6, 6.07) is 17.9. The molecule has 5 nitrogen and oxygen atoms in total. The molecule has 1 heterocycles. The van der Waals surface area contributed by atoms with E-state index in [1.165, 1.54) is 0 Å². The van der Waals surface area contributed by atoms with Gasteiger partial charge in [0.25, 0.3) is 0 Å². The van der Waals surface area contributed by atoms with Crippen molar-refractivity contribution < 1.29 is 9.47 Å². The molecular formula is C20H17N3O2. The minimum Gasteiger partial charge on any atom is -0.493 e. The Morgan fingerprint density at radius 1 is 0.800 bits per heavy atom. The molecule has 0 aliphatic rings. The second kappa shape index (κ2) is 6.28. The lowest BCUT2D eigenvalue weighted by Gasteiger charge is -2.11. The summed E-state index contributed by atoms with van der Waals surface area (Å²) in [5.41, 5.74) is 2.58. The molecule has 0 atom stereocenters. The topological polar surface area (TPSA) is 56.3 Å². The third kappa shape index (κ3) is 2.92. The quantitative estimate of drug-likeness (QED) is 0.556. The maximum absolute atomic E-state index is 5.33. The largest absolute Gasteiger partial charge is 0.493 e. The smallest absolute Gasteiger partial charge is 0.162 e. The number of methoxy groups -OCH3 is 2. The van der Waals surface area contributed by atoms with Gasteiger partial charge in [0.2, 0.25) is 0 Å². The fourth-order valence-electron chi connectivity index (χ4n) is 2.82. The van der Waals surface area contributed by atoms with Crippen LogP contribution in [0.25, 0.3) is 21.8 Å². The second-order valence-electron chi connectivity index (χ2n) is 5.64. The van der Waals surface area contributed by atoms with Crippen LogP contribution in [-0.2, 0) is 0 Å². The molecule has 0 amide bonds. The van der Waals surface area contributed by atoms with E-state index in [0.717, 1.165) is 27.5 Å². The molecule has 0 unspecified atom stereocenters. The number of rotatable bonds is 4. The van der Waals surface area contributed by atoms with Crippen molar-refractivity contribution in [2.45, 2.75) is 0 Å². The summed E-state index contributed by atoms with van der Waals surface area (Å²) in [4.78, 5) is 9.20. The summed E-state index contributed by atoms with van der Waals surface area (Å²) >= 11 is 0. The summed E-state index contributed by atoms with van der Waals surface area (Å²) in [5, 5.41) is 5.56. The van der Waals surface area contributed by atoms with Crippen molar-refractivity contribution in [1.29, 1.82) is 0 Å². The van der Waals surface area contributed by atoms with E-state index >= 15 is 0 Å². The lowest BCUT2D eigenvalue weighted by molar-refractivity contribution is 0.355. The van der Waals surface area contributed by atoms with Gasteiger partial charge in [0.1, 0.15) is 5.82 Å². The number of ether oxygens (including phenoxy) is 2. The highest BCUT2D eigenvalue weighted by atomic mass is 16.5. The number of nitrogens with zero attached hydrogens (tertiary/aromatic N) is 2. The van der Waals surface area contributed by atoms with Gasteiger partial charge in [0.05, 0.1) is 31.4 Å². The molecule has 0 bridgehead atoms. The van der Waals surface area contributed by atoms with E-state index in [1.807, 2.05) is 30.3 Å². The Bertz CT molecular complexity index is 1060. The van der Waals surface area contributed by atoms with Gasteiger partial charge in [0, 0.05) is 11.8 Å². The van der Waals surface area contributed by atoms with Crippen LogP contribution in [0.5, 0.6) is 11.5 Å². The first-order chi connectivity index (χ1) is 12.3. The van der Waals surface area contributed by atoms with Crippen LogP contribution in [0.3, 0.4) is 0 Å². The van der Waals surface area contributed by atoms with E-state index in [1.54, 1.807) is 20.4 Å². The fourth-order valence-corrected chi connectivity index (χ4v) is 2.82. The van der Waals surface area contributed by atoms with Gasteiger partial charge in [-0.3, -0.25) is 4.98 Å². The van der Waals surface area contributed by atoms with Crippen molar-refractivity contribution >= 4 is 33.3 Å². The third-order valence-electron chi connectivity index (χ3n) is 4.07. The minimum absolute atomic E-state index is 0.659. The standard InChI is InChI=1S/C20H17N3O2/c1-24-18-8-7-15(11-19(18)25-2)22-20-12-21-16-9-13-5-3-4-6-14(13)10-17(16)23-20/h3-12H,1-2H3,(H,22,23). The first kappa shape index (κ1) is 15.2.